The lowest BCUT2D eigenvalue weighted by molar-refractivity contribution is -0.120. The summed E-state index contributed by atoms with van der Waals surface area (Å²) in [7, 11) is 0. The van der Waals surface area contributed by atoms with E-state index in [0.717, 1.165) is 5.69 Å². The molecule has 0 unspecified atom stereocenters. The van der Waals surface area contributed by atoms with Crippen LogP contribution in [0, 0.1) is 11.3 Å². The number of likely N-dealkylation sites (tertiary alicyclic amines) is 1. The second kappa shape index (κ2) is 9.12. The van der Waals surface area contributed by atoms with E-state index in [1.807, 2.05) is 30.3 Å². The molecule has 1 N–H and O–H groups in total. The first-order valence-electron chi connectivity index (χ1n) is 10.8. The number of hydrogen-bond acceptors (Lipinski definition) is 5. The molecule has 0 bridgehead atoms. The van der Waals surface area contributed by atoms with Gasteiger partial charge in [-0.3, -0.25) is 9.69 Å². The third-order valence-corrected chi connectivity index (χ3v) is 6.79. The standard InChI is InChI=1S/C24H23ClN4O4S/c1-24(2)21(30)28(17-4-3-15(14-26)20(25)13-17)22(34)29(24)16-5-7-18(8-6-16)33-19-9-11-27(12-10-19)23(31)32/h3-8,13,19H,9-12H2,1-2H3,(H,31,32). The van der Waals surface area contributed by atoms with Crippen LogP contribution in [-0.2, 0) is 4.79 Å². The molecule has 0 spiro atoms. The molecule has 2 fully saturated rings. The van der Waals surface area contributed by atoms with Crippen molar-refractivity contribution in [3.8, 4) is 11.8 Å². The van der Waals surface area contributed by atoms with Crippen molar-refractivity contribution in [1.82, 2.24) is 4.90 Å². The molecule has 10 heteroatoms. The van der Waals surface area contributed by atoms with E-state index in [9.17, 15) is 9.59 Å². The average Bonchev–Trinajstić information content (AvgIpc) is 2.98. The zero-order valence-electron chi connectivity index (χ0n) is 18.7. The molecule has 0 aliphatic carbocycles. The van der Waals surface area contributed by atoms with Crippen molar-refractivity contribution in [2.45, 2.75) is 38.3 Å². The normalized spacial score (nSPS) is 18.2. The number of carbonyl (C=O) groups excluding carboxylic acids is 1. The second-order valence-electron chi connectivity index (χ2n) is 8.67. The summed E-state index contributed by atoms with van der Waals surface area (Å²) in [4.78, 5) is 29.0. The summed E-state index contributed by atoms with van der Waals surface area (Å²) in [6.07, 6.45) is 0.310. The number of nitriles is 1. The van der Waals surface area contributed by atoms with Gasteiger partial charge in [-0.25, -0.2) is 4.79 Å². The van der Waals surface area contributed by atoms with Gasteiger partial charge in [0.25, 0.3) is 5.91 Å². The molecule has 2 aliphatic rings. The van der Waals surface area contributed by atoms with Gasteiger partial charge in [0.1, 0.15) is 23.5 Å². The van der Waals surface area contributed by atoms with Gasteiger partial charge in [0.2, 0.25) is 0 Å². The molecule has 2 aromatic carbocycles. The Labute approximate surface area is 207 Å². The zero-order chi connectivity index (χ0) is 24.6. The first-order chi connectivity index (χ1) is 16.1. The molecule has 0 radical (unpaired) electrons. The molecule has 2 aliphatic heterocycles. The van der Waals surface area contributed by atoms with E-state index in [1.165, 1.54) is 9.80 Å². The molecule has 0 saturated carbocycles. The number of carboxylic acid groups (broad SMARTS) is 1. The van der Waals surface area contributed by atoms with Crippen LogP contribution in [0.25, 0.3) is 0 Å². The highest BCUT2D eigenvalue weighted by Gasteiger charge is 2.50. The third kappa shape index (κ3) is 4.27. The fourth-order valence-electron chi connectivity index (χ4n) is 4.22. The molecule has 0 aromatic heterocycles. The molecule has 2 aromatic rings. The number of halogens is 1. The van der Waals surface area contributed by atoms with Crippen molar-refractivity contribution < 1.29 is 19.4 Å². The highest BCUT2D eigenvalue weighted by Crippen LogP contribution is 2.38. The highest BCUT2D eigenvalue weighted by atomic mass is 35.5. The molecular formula is C24H23ClN4O4S. The predicted octanol–water partition coefficient (Wildman–Crippen LogP) is 4.65. The third-order valence-electron chi connectivity index (χ3n) is 6.11. The molecule has 2 heterocycles. The number of ether oxygens (including phenoxy) is 1. The van der Waals surface area contributed by atoms with Crippen LogP contribution >= 0.6 is 23.8 Å². The monoisotopic (exact) mass is 498 g/mol. The van der Waals surface area contributed by atoms with Crippen molar-refractivity contribution in [3.63, 3.8) is 0 Å². The van der Waals surface area contributed by atoms with Gasteiger partial charge < -0.3 is 19.6 Å². The van der Waals surface area contributed by atoms with Crippen molar-refractivity contribution in [1.29, 1.82) is 5.26 Å². The Morgan fingerprint density at radius 1 is 1.18 bits per heavy atom. The van der Waals surface area contributed by atoms with E-state index in [1.54, 1.807) is 36.9 Å². The Bertz CT molecular complexity index is 1190. The minimum absolute atomic E-state index is 0.0519. The maximum atomic E-state index is 13.3. The summed E-state index contributed by atoms with van der Waals surface area (Å²) in [5, 5.41) is 18.8. The molecule has 8 nitrogen and oxygen atoms in total. The van der Waals surface area contributed by atoms with E-state index >= 15 is 0 Å². The first kappa shape index (κ1) is 23.8. The Morgan fingerprint density at radius 3 is 2.35 bits per heavy atom. The quantitative estimate of drug-likeness (QED) is 0.613. The minimum Gasteiger partial charge on any atom is -0.490 e. The Balaban J connectivity index is 1.52. The lowest BCUT2D eigenvalue weighted by Crippen LogP contribution is -2.44. The van der Waals surface area contributed by atoms with E-state index in [-0.39, 0.29) is 17.0 Å². The predicted molar refractivity (Wildman–Crippen MR) is 132 cm³/mol. The maximum Gasteiger partial charge on any atom is 0.407 e. The van der Waals surface area contributed by atoms with Gasteiger partial charge >= 0.3 is 6.09 Å². The Morgan fingerprint density at radius 2 is 1.79 bits per heavy atom. The van der Waals surface area contributed by atoms with Crippen LogP contribution in [0.2, 0.25) is 5.02 Å². The van der Waals surface area contributed by atoms with Crippen LogP contribution in [0.3, 0.4) is 0 Å². The molecule has 176 valence electrons. The fraction of sp³-hybridized carbons (Fsp3) is 0.333. The van der Waals surface area contributed by atoms with Crippen LogP contribution in [0.5, 0.6) is 5.75 Å². The van der Waals surface area contributed by atoms with Crippen LogP contribution < -0.4 is 14.5 Å². The summed E-state index contributed by atoms with van der Waals surface area (Å²) >= 11 is 11.9. The molecular weight excluding hydrogens is 476 g/mol. The maximum absolute atomic E-state index is 13.3. The molecule has 34 heavy (non-hydrogen) atoms. The summed E-state index contributed by atoms with van der Waals surface area (Å²) in [6, 6.07) is 14.1. The molecule has 2 amide bonds. The van der Waals surface area contributed by atoms with Gasteiger partial charge in [0.15, 0.2) is 5.11 Å². The van der Waals surface area contributed by atoms with Crippen molar-refractivity contribution in [2.24, 2.45) is 0 Å². The van der Waals surface area contributed by atoms with Gasteiger partial charge in [-0.05, 0) is 68.5 Å². The van der Waals surface area contributed by atoms with Crippen molar-refractivity contribution in [2.75, 3.05) is 22.9 Å². The first-order valence-corrected chi connectivity index (χ1v) is 11.5. The SMILES string of the molecule is CC1(C)C(=O)N(c2ccc(C#N)c(Cl)c2)C(=S)N1c1ccc(OC2CCN(C(=O)O)CC2)cc1. The number of benzene rings is 2. The number of piperidine rings is 1. The number of amides is 2. The number of anilines is 2. The largest absolute Gasteiger partial charge is 0.490 e. The van der Waals surface area contributed by atoms with Crippen LogP contribution in [0.15, 0.2) is 42.5 Å². The van der Waals surface area contributed by atoms with E-state index < -0.39 is 11.6 Å². The van der Waals surface area contributed by atoms with Crippen LogP contribution in [0.4, 0.5) is 16.2 Å². The van der Waals surface area contributed by atoms with Gasteiger partial charge in [-0.2, -0.15) is 5.26 Å². The topological polar surface area (TPSA) is 97.1 Å². The van der Waals surface area contributed by atoms with E-state index in [2.05, 4.69) is 0 Å². The van der Waals surface area contributed by atoms with Gasteiger partial charge in [0.05, 0.1) is 16.3 Å². The minimum atomic E-state index is -0.941. The molecule has 2 saturated heterocycles. The average molecular weight is 499 g/mol. The second-order valence-corrected chi connectivity index (χ2v) is 9.45. The Kier molecular flexibility index (Phi) is 6.39. The van der Waals surface area contributed by atoms with Gasteiger partial charge in [-0.15, -0.1) is 0 Å². The van der Waals surface area contributed by atoms with E-state index in [4.69, 9.17) is 38.9 Å². The number of hydrogen-bond donors (Lipinski definition) is 1. The smallest absolute Gasteiger partial charge is 0.407 e. The summed E-state index contributed by atoms with van der Waals surface area (Å²) in [5.74, 6) is 0.464. The lowest BCUT2D eigenvalue weighted by atomic mass is 10.0. The zero-order valence-corrected chi connectivity index (χ0v) is 20.3. The van der Waals surface area contributed by atoms with Crippen LogP contribution in [0.1, 0.15) is 32.3 Å². The van der Waals surface area contributed by atoms with Crippen molar-refractivity contribution in [3.05, 3.63) is 53.1 Å². The molecule has 4 rings (SSSR count). The Hall–Kier alpha value is -3.35. The van der Waals surface area contributed by atoms with Crippen LogP contribution in [-0.4, -0.2) is 51.9 Å². The fourth-order valence-corrected chi connectivity index (χ4v) is 4.96. The number of rotatable bonds is 4. The van der Waals surface area contributed by atoms with Gasteiger partial charge in [0, 0.05) is 31.6 Å². The number of carbonyl (C=O) groups is 2. The lowest BCUT2D eigenvalue weighted by Gasteiger charge is -2.31. The number of thiocarbonyl (C=S) groups is 1. The van der Waals surface area contributed by atoms with Gasteiger partial charge in [-0.1, -0.05) is 11.6 Å². The number of nitrogens with zero attached hydrogens (tertiary/aromatic N) is 4. The summed E-state index contributed by atoms with van der Waals surface area (Å²) < 4.78 is 6.04. The van der Waals surface area contributed by atoms with Crippen molar-refractivity contribution >= 4 is 52.3 Å². The summed E-state index contributed by atoms with van der Waals surface area (Å²) in [6.45, 7) is 4.50. The highest BCUT2D eigenvalue weighted by molar-refractivity contribution is 7.81. The van der Waals surface area contributed by atoms with E-state index in [0.29, 0.717) is 48.0 Å². The molecule has 0 atom stereocenters. The summed E-state index contributed by atoms with van der Waals surface area (Å²) in [5.41, 5.74) is 0.618.